The van der Waals surface area contributed by atoms with Crippen molar-refractivity contribution in [3.63, 3.8) is 0 Å². The van der Waals surface area contributed by atoms with E-state index < -0.39 is 0 Å². The smallest absolute Gasteiger partial charge is 0.221 e. The molecular weight excluding hydrogens is 334 g/mol. The first-order valence-electron chi connectivity index (χ1n) is 6.06. The van der Waals surface area contributed by atoms with Crippen molar-refractivity contribution in [3.05, 3.63) is 45.9 Å². The van der Waals surface area contributed by atoms with Crippen LogP contribution >= 0.6 is 15.9 Å². The Bertz CT molecular complexity index is 723. The predicted molar refractivity (Wildman–Crippen MR) is 82.9 cm³/mol. The van der Waals surface area contributed by atoms with Gasteiger partial charge >= 0.3 is 0 Å². The molecule has 6 heteroatoms. The van der Waals surface area contributed by atoms with Crippen molar-refractivity contribution in [1.29, 1.82) is 5.26 Å². The Morgan fingerprint density at radius 1 is 1.33 bits per heavy atom. The molecule has 0 aliphatic carbocycles. The molecule has 2 aromatic rings. The first-order valence-corrected chi connectivity index (χ1v) is 6.85. The summed E-state index contributed by atoms with van der Waals surface area (Å²) in [4.78, 5) is 17.0. The zero-order valence-corrected chi connectivity index (χ0v) is 13.1. The molecule has 0 radical (unpaired) electrons. The lowest BCUT2D eigenvalue weighted by Crippen LogP contribution is -2.12. The standard InChI is InChI=1S/C15H12BrN3O2/c1-19(2)15-10(8-17)3-6-14(18-15)21-12-4-5-13(16)11(7-12)9-20/h3-7,9H,1-2H3. The van der Waals surface area contributed by atoms with Gasteiger partial charge in [0.05, 0.1) is 5.56 Å². The maximum Gasteiger partial charge on any atom is 0.221 e. The summed E-state index contributed by atoms with van der Waals surface area (Å²) in [5, 5.41) is 9.05. The largest absolute Gasteiger partial charge is 0.439 e. The molecule has 1 aromatic heterocycles. The van der Waals surface area contributed by atoms with Crippen molar-refractivity contribution in [2.24, 2.45) is 0 Å². The minimum atomic E-state index is 0.358. The van der Waals surface area contributed by atoms with Gasteiger partial charge in [0.2, 0.25) is 5.88 Å². The van der Waals surface area contributed by atoms with Crippen molar-refractivity contribution in [3.8, 4) is 17.7 Å². The first kappa shape index (κ1) is 15.0. The van der Waals surface area contributed by atoms with Crippen LogP contribution in [0.2, 0.25) is 0 Å². The van der Waals surface area contributed by atoms with E-state index in [-0.39, 0.29) is 0 Å². The lowest BCUT2D eigenvalue weighted by atomic mass is 10.2. The van der Waals surface area contributed by atoms with E-state index in [1.165, 1.54) is 0 Å². The number of benzene rings is 1. The lowest BCUT2D eigenvalue weighted by molar-refractivity contribution is 0.112. The molecule has 0 fully saturated rings. The topological polar surface area (TPSA) is 66.2 Å². The van der Waals surface area contributed by atoms with Crippen LogP contribution in [-0.2, 0) is 0 Å². The summed E-state index contributed by atoms with van der Waals surface area (Å²) in [5.74, 6) is 1.39. The van der Waals surface area contributed by atoms with Gasteiger partial charge in [-0.25, -0.2) is 0 Å². The van der Waals surface area contributed by atoms with E-state index in [9.17, 15) is 4.79 Å². The Labute approximate surface area is 130 Å². The highest BCUT2D eigenvalue weighted by atomic mass is 79.9. The van der Waals surface area contributed by atoms with Gasteiger partial charge in [-0.2, -0.15) is 10.2 Å². The molecule has 1 aromatic carbocycles. The summed E-state index contributed by atoms with van der Waals surface area (Å²) in [5.41, 5.74) is 0.964. The van der Waals surface area contributed by atoms with Crippen LogP contribution in [0.5, 0.6) is 11.6 Å². The van der Waals surface area contributed by atoms with Gasteiger partial charge in [0.1, 0.15) is 17.6 Å². The summed E-state index contributed by atoms with van der Waals surface area (Å²) in [6, 6.07) is 10.4. The third kappa shape index (κ3) is 3.38. The Hall–Kier alpha value is -2.39. The van der Waals surface area contributed by atoms with E-state index in [2.05, 4.69) is 27.0 Å². The summed E-state index contributed by atoms with van der Waals surface area (Å²) < 4.78 is 6.34. The molecule has 0 spiro atoms. The summed E-state index contributed by atoms with van der Waals surface area (Å²) in [6.45, 7) is 0. The maximum absolute atomic E-state index is 10.9. The SMILES string of the molecule is CN(C)c1nc(Oc2ccc(Br)c(C=O)c2)ccc1C#N. The number of hydrogen-bond acceptors (Lipinski definition) is 5. The highest BCUT2D eigenvalue weighted by Gasteiger charge is 2.09. The normalized spacial score (nSPS) is 9.81. The summed E-state index contributed by atoms with van der Waals surface area (Å²) >= 11 is 3.28. The molecule has 0 N–H and O–H groups in total. The van der Waals surface area contributed by atoms with Crippen molar-refractivity contribution in [1.82, 2.24) is 4.98 Å². The van der Waals surface area contributed by atoms with Gasteiger partial charge in [-0.15, -0.1) is 0 Å². The van der Waals surface area contributed by atoms with E-state index in [1.807, 2.05) is 0 Å². The summed E-state index contributed by atoms with van der Waals surface area (Å²) in [7, 11) is 3.61. The molecule has 0 unspecified atom stereocenters. The highest BCUT2D eigenvalue weighted by molar-refractivity contribution is 9.10. The number of carbonyl (C=O) groups is 1. The zero-order chi connectivity index (χ0) is 15.4. The van der Waals surface area contributed by atoms with Crippen molar-refractivity contribution in [2.75, 3.05) is 19.0 Å². The van der Waals surface area contributed by atoms with Crippen LogP contribution in [0.3, 0.4) is 0 Å². The number of rotatable bonds is 4. The van der Waals surface area contributed by atoms with Gasteiger partial charge in [0.25, 0.3) is 0 Å². The molecule has 0 aliphatic heterocycles. The second-order valence-electron chi connectivity index (χ2n) is 4.43. The average molecular weight is 346 g/mol. The lowest BCUT2D eigenvalue weighted by Gasteiger charge is -2.14. The molecule has 0 bridgehead atoms. The monoisotopic (exact) mass is 345 g/mol. The molecule has 106 valence electrons. The molecular formula is C15H12BrN3O2. The molecule has 0 saturated heterocycles. The Balaban J connectivity index is 2.34. The fourth-order valence-electron chi connectivity index (χ4n) is 1.71. The van der Waals surface area contributed by atoms with E-state index in [1.54, 1.807) is 49.3 Å². The van der Waals surface area contributed by atoms with E-state index >= 15 is 0 Å². The Morgan fingerprint density at radius 3 is 2.71 bits per heavy atom. The van der Waals surface area contributed by atoms with Crippen LogP contribution in [0.25, 0.3) is 0 Å². The van der Waals surface area contributed by atoms with E-state index in [4.69, 9.17) is 10.00 Å². The minimum Gasteiger partial charge on any atom is -0.439 e. The number of hydrogen-bond donors (Lipinski definition) is 0. The zero-order valence-electron chi connectivity index (χ0n) is 11.5. The molecule has 0 aliphatic rings. The van der Waals surface area contributed by atoms with Crippen LogP contribution in [0.1, 0.15) is 15.9 Å². The highest BCUT2D eigenvalue weighted by Crippen LogP contribution is 2.27. The maximum atomic E-state index is 10.9. The van der Waals surface area contributed by atoms with Gasteiger partial charge in [-0.1, -0.05) is 15.9 Å². The Morgan fingerprint density at radius 2 is 2.10 bits per heavy atom. The third-order valence-corrected chi connectivity index (χ3v) is 3.43. The van der Waals surface area contributed by atoms with Gasteiger partial charge in [0, 0.05) is 30.2 Å². The van der Waals surface area contributed by atoms with Crippen LogP contribution in [0.15, 0.2) is 34.8 Å². The van der Waals surface area contributed by atoms with Crippen molar-refractivity contribution in [2.45, 2.75) is 0 Å². The fraction of sp³-hybridized carbons (Fsp3) is 0.133. The predicted octanol–water partition coefficient (Wildman–Crippen LogP) is 3.39. The molecule has 5 nitrogen and oxygen atoms in total. The van der Waals surface area contributed by atoms with Crippen LogP contribution in [0.4, 0.5) is 5.82 Å². The van der Waals surface area contributed by atoms with Crippen molar-refractivity contribution >= 4 is 28.0 Å². The van der Waals surface area contributed by atoms with Gasteiger partial charge in [-0.3, -0.25) is 4.79 Å². The van der Waals surface area contributed by atoms with Gasteiger partial charge < -0.3 is 9.64 Å². The molecule has 0 atom stereocenters. The summed E-state index contributed by atoms with van der Waals surface area (Å²) in [6.07, 6.45) is 0.744. The number of ether oxygens (including phenoxy) is 1. The number of aldehydes is 1. The van der Waals surface area contributed by atoms with Crippen molar-refractivity contribution < 1.29 is 9.53 Å². The molecule has 2 rings (SSSR count). The average Bonchev–Trinajstić information content (AvgIpc) is 2.49. The molecule has 1 heterocycles. The Kier molecular flexibility index (Phi) is 4.55. The number of nitriles is 1. The second-order valence-corrected chi connectivity index (χ2v) is 5.28. The van der Waals surface area contributed by atoms with Gasteiger partial charge in [0.15, 0.2) is 6.29 Å². The van der Waals surface area contributed by atoms with Crippen LogP contribution < -0.4 is 9.64 Å². The fourth-order valence-corrected chi connectivity index (χ4v) is 2.05. The van der Waals surface area contributed by atoms with Gasteiger partial charge in [-0.05, 0) is 24.3 Å². The molecule has 21 heavy (non-hydrogen) atoms. The van der Waals surface area contributed by atoms with E-state index in [0.29, 0.717) is 33.0 Å². The number of halogens is 1. The third-order valence-electron chi connectivity index (χ3n) is 2.71. The first-order chi connectivity index (χ1) is 10.0. The number of aromatic nitrogens is 1. The quantitative estimate of drug-likeness (QED) is 0.794. The second kappa shape index (κ2) is 6.37. The van der Waals surface area contributed by atoms with Crippen LogP contribution in [-0.4, -0.2) is 25.4 Å². The number of pyridine rings is 1. The van der Waals surface area contributed by atoms with E-state index in [0.717, 1.165) is 6.29 Å². The number of carbonyl (C=O) groups excluding carboxylic acids is 1. The number of anilines is 1. The van der Waals surface area contributed by atoms with Crippen LogP contribution in [0, 0.1) is 11.3 Å². The number of nitrogens with zero attached hydrogens (tertiary/aromatic N) is 3. The molecule has 0 amide bonds. The molecule has 0 saturated carbocycles. The minimum absolute atomic E-state index is 0.358.